The second-order valence-electron chi connectivity index (χ2n) is 7.72. The molecule has 0 fully saturated rings. The highest BCUT2D eigenvalue weighted by Crippen LogP contribution is 2.41. The lowest BCUT2D eigenvalue weighted by Crippen LogP contribution is -2.32. The molecule has 2 aromatic carbocycles. The van der Waals surface area contributed by atoms with Crippen molar-refractivity contribution in [3.63, 3.8) is 0 Å². The lowest BCUT2D eigenvalue weighted by molar-refractivity contribution is -0.139. The summed E-state index contributed by atoms with van der Waals surface area (Å²) in [5, 5.41) is 0.417. The SMILES string of the molecule is CCOC(=O)C1=CN(C(=O)c2cc(OC)c(OC)c(OC)c2)C=C(C(=O)OCC)C1c1cccc(Cl)c1. The molecule has 0 radical (unpaired) electrons. The Morgan fingerprint density at radius 3 is 1.81 bits per heavy atom. The first kappa shape index (κ1) is 27.6. The van der Waals surface area contributed by atoms with E-state index < -0.39 is 23.8 Å². The number of rotatable bonds is 9. The Morgan fingerprint density at radius 1 is 0.838 bits per heavy atom. The fourth-order valence-corrected chi connectivity index (χ4v) is 4.14. The summed E-state index contributed by atoms with van der Waals surface area (Å²) in [7, 11) is 4.31. The van der Waals surface area contributed by atoms with E-state index in [2.05, 4.69) is 0 Å². The minimum Gasteiger partial charge on any atom is -0.493 e. The molecule has 0 saturated heterocycles. The predicted octanol–water partition coefficient (Wildman–Crippen LogP) is 4.50. The van der Waals surface area contributed by atoms with Gasteiger partial charge in [-0.05, 0) is 43.7 Å². The van der Waals surface area contributed by atoms with Crippen molar-refractivity contribution < 1.29 is 38.1 Å². The molecule has 3 rings (SSSR count). The van der Waals surface area contributed by atoms with Gasteiger partial charge >= 0.3 is 11.9 Å². The fraction of sp³-hybridized carbons (Fsp3) is 0.296. The first-order valence-corrected chi connectivity index (χ1v) is 11.8. The smallest absolute Gasteiger partial charge is 0.336 e. The molecule has 1 aliphatic rings. The monoisotopic (exact) mass is 529 g/mol. The van der Waals surface area contributed by atoms with E-state index in [1.54, 1.807) is 38.1 Å². The van der Waals surface area contributed by atoms with Crippen molar-refractivity contribution in [2.75, 3.05) is 34.5 Å². The van der Waals surface area contributed by atoms with Gasteiger partial charge in [0, 0.05) is 23.0 Å². The molecule has 0 spiro atoms. The van der Waals surface area contributed by atoms with Crippen LogP contribution in [-0.2, 0) is 19.1 Å². The highest BCUT2D eigenvalue weighted by molar-refractivity contribution is 6.30. The van der Waals surface area contributed by atoms with E-state index in [1.165, 1.54) is 45.9 Å². The number of benzene rings is 2. The van der Waals surface area contributed by atoms with Crippen LogP contribution in [0.25, 0.3) is 0 Å². The molecule has 1 heterocycles. The second kappa shape index (κ2) is 12.3. The maximum Gasteiger partial charge on any atom is 0.336 e. The van der Waals surface area contributed by atoms with Gasteiger partial charge < -0.3 is 23.7 Å². The van der Waals surface area contributed by atoms with Gasteiger partial charge in [-0.25, -0.2) is 9.59 Å². The van der Waals surface area contributed by atoms with E-state index in [1.807, 2.05) is 0 Å². The minimum absolute atomic E-state index is 0.0652. The van der Waals surface area contributed by atoms with Gasteiger partial charge in [0.2, 0.25) is 5.75 Å². The Morgan fingerprint density at radius 2 is 1.38 bits per heavy atom. The molecule has 0 bridgehead atoms. The third-order valence-electron chi connectivity index (χ3n) is 5.53. The average molecular weight is 530 g/mol. The molecule has 1 amide bonds. The third kappa shape index (κ3) is 5.89. The van der Waals surface area contributed by atoms with E-state index in [9.17, 15) is 14.4 Å². The summed E-state index contributed by atoms with van der Waals surface area (Å²) in [6.07, 6.45) is 2.69. The summed E-state index contributed by atoms with van der Waals surface area (Å²) in [4.78, 5) is 41.0. The van der Waals surface area contributed by atoms with E-state index in [-0.39, 0.29) is 41.4 Å². The summed E-state index contributed by atoms with van der Waals surface area (Å²) >= 11 is 6.21. The number of carbonyl (C=O) groups is 3. The number of nitrogens with zero attached hydrogens (tertiary/aromatic N) is 1. The standard InChI is InChI=1S/C27H28ClNO8/c1-6-36-26(31)19-14-29(25(30)17-12-21(33-3)24(35-5)22(13-17)34-4)15-20(27(32)37-7-2)23(19)16-9-8-10-18(28)11-16/h8-15,23H,6-7H2,1-5H3. The molecule has 10 heteroatoms. The van der Waals surface area contributed by atoms with Crippen LogP contribution in [0.15, 0.2) is 59.9 Å². The molecule has 1 aliphatic heterocycles. The Kier molecular flexibility index (Phi) is 9.19. The summed E-state index contributed by atoms with van der Waals surface area (Å²) in [5.74, 6) is -1.97. The zero-order chi connectivity index (χ0) is 27.1. The van der Waals surface area contributed by atoms with Crippen LogP contribution in [0, 0.1) is 0 Å². The van der Waals surface area contributed by atoms with E-state index in [0.717, 1.165) is 4.90 Å². The number of esters is 2. The van der Waals surface area contributed by atoms with E-state index in [4.69, 9.17) is 35.3 Å². The van der Waals surface area contributed by atoms with Gasteiger partial charge in [0.15, 0.2) is 11.5 Å². The predicted molar refractivity (Wildman–Crippen MR) is 136 cm³/mol. The van der Waals surface area contributed by atoms with Crippen LogP contribution in [-0.4, -0.2) is 57.3 Å². The number of hydrogen-bond acceptors (Lipinski definition) is 8. The summed E-state index contributed by atoms with van der Waals surface area (Å²) < 4.78 is 26.6. The number of hydrogen-bond donors (Lipinski definition) is 0. The molecule has 9 nitrogen and oxygen atoms in total. The van der Waals surface area contributed by atoms with Crippen LogP contribution in [0.1, 0.15) is 35.7 Å². The zero-order valence-corrected chi connectivity index (χ0v) is 22.0. The molecule has 0 aromatic heterocycles. The molecule has 2 aromatic rings. The van der Waals surface area contributed by atoms with Crippen LogP contribution < -0.4 is 14.2 Å². The number of ether oxygens (including phenoxy) is 5. The summed E-state index contributed by atoms with van der Waals surface area (Å²) in [5.41, 5.74) is 0.853. The number of carbonyl (C=O) groups excluding carboxylic acids is 3. The van der Waals surface area contributed by atoms with Crippen LogP contribution in [0.3, 0.4) is 0 Å². The number of methoxy groups -OCH3 is 3. The molecule has 0 saturated carbocycles. The van der Waals surface area contributed by atoms with Gasteiger partial charge in [0.25, 0.3) is 5.91 Å². The van der Waals surface area contributed by atoms with Gasteiger partial charge in [0.1, 0.15) is 0 Å². The molecule has 0 unspecified atom stereocenters. The first-order valence-electron chi connectivity index (χ1n) is 11.4. The zero-order valence-electron chi connectivity index (χ0n) is 21.2. The van der Waals surface area contributed by atoms with Crippen LogP contribution in [0.2, 0.25) is 5.02 Å². The molecule has 0 N–H and O–H groups in total. The first-order chi connectivity index (χ1) is 17.8. The van der Waals surface area contributed by atoms with Gasteiger partial charge in [-0.15, -0.1) is 0 Å². The van der Waals surface area contributed by atoms with Crippen molar-refractivity contribution in [2.24, 2.45) is 0 Å². The third-order valence-corrected chi connectivity index (χ3v) is 5.76. The number of amides is 1. The Balaban J connectivity index is 2.19. The topological polar surface area (TPSA) is 101 Å². The average Bonchev–Trinajstić information content (AvgIpc) is 2.91. The van der Waals surface area contributed by atoms with Crippen molar-refractivity contribution in [2.45, 2.75) is 19.8 Å². The minimum atomic E-state index is -0.874. The van der Waals surface area contributed by atoms with Gasteiger partial charge in [-0.2, -0.15) is 0 Å². The molecule has 196 valence electrons. The fourth-order valence-electron chi connectivity index (χ4n) is 3.94. The molecule has 37 heavy (non-hydrogen) atoms. The van der Waals surface area contributed by atoms with Crippen LogP contribution in [0.4, 0.5) is 0 Å². The maximum absolute atomic E-state index is 13.6. The van der Waals surface area contributed by atoms with Crippen molar-refractivity contribution in [1.29, 1.82) is 0 Å². The van der Waals surface area contributed by atoms with Crippen molar-refractivity contribution in [3.8, 4) is 17.2 Å². The Bertz CT molecular complexity index is 1190. The molecule has 0 atom stereocenters. The Hall–Kier alpha value is -3.98. The normalized spacial score (nSPS) is 13.3. The van der Waals surface area contributed by atoms with Gasteiger partial charge in [-0.1, -0.05) is 23.7 Å². The van der Waals surface area contributed by atoms with Gasteiger partial charge in [0.05, 0.1) is 51.6 Å². The van der Waals surface area contributed by atoms with Crippen molar-refractivity contribution in [3.05, 3.63) is 76.1 Å². The largest absolute Gasteiger partial charge is 0.493 e. The van der Waals surface area contributed by atoms with Gasteiger partial charge in [-0.3, -0.25) is 9.69 Å². The summed E-state index contributed by atoms with van der Waals surface area (Å²) in [6, 6.07) is 9.70. The maximum atomic E-state index is 13.6. The Labute approximate surface area is 220 Å². The highest BCUT2D eigenvalue weighted by Gasteiger charge is 2.37. The lowest BCUT2D eigenvalue weighted by Gasteiger charge is -2.29. The highest BCUT2D eigenvalue weighted by atomic mass is 35.5. The van der Waals surface area contributed by atoms with Crippen molar-refractivity contribution in [1.82, 2.24) is 4.90 Å². The molecular weight excluding hydrogens is 502 g/mol. The summed E-state index contributed by atoms with van der Waals surface area (Å²) in [6.45, 7) is 3.52. The molecule has 0 aliphatic carbocycles. The molecular formula is C27H28ClNO8. The number of halogens is 1. The van der Waals surface area contributed by atoms with Crippen molar-refractivity contribution >= 4 is 29.4 Å². The second-order valence-corrected chi connectivity index (χ2v) is 8.16. The van der Waals surface area contributed by atoms with E-state index in [0.29, 0.717) is 16.3 Å². The van der Waals surface area contributed by atoms with E-state index >= 15 is 0 Å². The van der Waals surface area contributed by atoms with Crippen LogP contribution in [0.5, 0.6) is 17.2 Å². The van der Waals surface area contributed by atoms with Crippen LogP contribution >= 0.6 is 11.6 Å². The quantitative estimate of drug-likeness (QED) is 0.438. The lowest BCUT2D eigenvalue weighted by atomic mass is 9.83.